The van der Waals surface area contributed by atoms with Crippen LogP contribution < -0.4 is 9.47 Å². The lowest BCUT2D eigenvalue weighted by molar-refractivity contribution is -0.144. The van der Waals surface area contributed by atoms with Gasteiger partial charge in [0, 0.05) is 49.5 Å². The maximum atomic E-state index is 11.3. The number of carbonyl (C=O) groups excluding carboxylic acids is 2. The molecule has 0 aromatic heterocycles. The molecule has 0 spiro atoms. The average Bonchev–Trinajstić information content (AvgIpc) is 2.71. The van der Waals surface area contributed by atoms with Crippen LogP contribution in [-0.2, 0) is 32.2 Å². The zero-order valence-corrected chi connectivity index (χ0v) is 17.5. The van der Waals surface area contributed by atoms with Gasteiger partial charge in [0.25, 0.3) is 0 Å². The molecule has 0 radical (unpaired) electrons. The lowest BCUT2D eigenvalue weighted by Crippen LogP contribution is -2.39. The van der Waals surface area contributed by atoms with Crippen molar-refractivity contribution in [1.82, 2.24) is 9.80 Å². The number of hydrogen-bond donors (Lipinski definition) is 0. The van der Waals surface area contributed by atoms with Crippen LogP contribution in [0.3, 0.4) is 0 Å². The van der Waals surface area contributed by atoms with Gasteiger partial charge in [0.2, 0.25) is 0 Å². The summed E-state index contributed by atoms with van der Waals surface area (Å²) >= 11 is 0. The van der Waals surface area contributed by atoms with Gasteiger partial charge in [-0.1, -0.05) is 13.2 Å². The van der Waals surface area contributed by atoms with Gasteiger partial charge in [0.15, 0.2) is 0 Å². The molecule has 0 amide bonds. The summed E-state index contributed by atoms with van der Waals surface area (Å²) in [5, 5.41) is 0. The van der Waals surface area contributed by atoms with Crippen molar-refractivity contribution in [2.24, 2.45) is 0 Å². The van der Waals surface area contributed by atoms with Crippen LogP contribution in [0.5, 0.6) is 11.5 Å². The number of hydrogen-bond acceptors (Lipinski definition) is 8. The molecule has 2 atom stereocenters. The van der Waals surface area contributed by atoms with Gasteiger partial charge in [0.05, 0.1) is 0 Å². The third-order valence-corrected chi connectivity index (χ3v) is 4.84. The van der Waals surface area contributed by atoms with Crippen molar-refractivity contribution in [2.75, 3.05) is 26.6 Å². The Bertz CT molecular complexity index is 756. The molecule has 0 N–H and O–H groups in total. The van der Waals surface area contributed by atoms with Gasteiger partial charge in [0.1, 0.15) is 37.2 Å². The van der Waals surface area contributed by atoms with Crippen LogP contribution in [-0.4, -0.2) is 60.5 Å². The van der Waals surface area contributed by atoms with Crippen molar-refractivity contribution in [3.05, 3.63) is 48.6 Å². The number of ether oxygens (including phenoxy) is 4. The second kappa shape index (κ2) is 9.77. The first-order valence-corrected chi connectivity index (χ1v) is 9.90. The first-order chi connectivity index (χ1) is 14.4. The van der Waals surface area contributed by atoms with Crippen LogP contribution >= 0.6 is 0 Å². The van der Waals surface area contributed by atoms with Gasteiger partial charge in [-0.25, -0.2) is 9.59 Å². The van der Waals surface area contributed by atoms with Crippen molar-refractivity contribution >= 4 is 11.9 Å². The van der Waals surface area contributed by atoms with Gasteiger partial charge in [-0.2, -0.15) is 0 Å². The minimum absolute atomic E-state index is 0.264. The van der Waals surface area contributed by atoms with Crippen LogP contribution in [0.4, 0.5) is 0 Å². The van der Waals surface area contributed by atoms with E-state index in [1.807, 2.05) is 26.0 Å². The predicted octanol–water partition coefficient (Wildman–Crippen LogP) is 2.23. The largest absolute Gasteiger partial charge is 0.478 e. The molecular formula is C22H28N2O6. The lowest BCUT2D eigenvalue weighted by atomic mass is 10.1. The fourth-order valence-electron chi connectivity index (χ4n) is 3.58. The summed E-state index contributed by atoms with van der Waals surface area (Å²) in [5.74, 6) is 0.803. The molecule has 8 heteroatoms. The van der Waals surface area contributed by atoms with E-state index in [-0.39, 0.29) is 12.2 Å². The molecule has 0 saturated heterocycles. The summed E-state index contributed by atoms with van der Waals surface area (Å²) in [7, 11) is 0. The zero-order chi connectivity index (χ0) is 21.7. The topological polar surface area (TPSA) is 77.5 Å². The Morgan fingerprint density at radius 3 is 1.70 bits per heavy atom. The highest BCUT2D eigenvalue weighted by molar-refractivity contribution is 5.81. The molecule has 0 saturated carbocycles. The third-order valence-electron chi connectivity index (χ3n) is 4.84. The van der Waals surface area contributed by atoms with E-state index in [9.17, 15) is 9.59 Å². The monoisotopic (exact) mass is 416 g/mol. The van der Waals surface area contributed by atoms with E-state index in [1.54, 1.807) is 0 Å². The first-order valence-electron chi connectivity index (χ1n) is 9.90. The maximum absolute atomic E-state index is 11.3. The molecule has 0 aliphatic carbocycles. The van der Waals surface area contributed by atoms with E-state index in [1.165, 1.54) is 0 Å². The molecule has 8 nitrogen and oxygen atoms in total. The highest BCUT2D eigenvalue weighted by Crippen LogP contribution is 2.35. The molecule has 30 heavy (non-hydrogen) atoms. The van der Waals surface area contributed by atoms with E-state index in [4.69, 9.17) is 18.9 Å². The Kier molecular flexibility index (Phi) is 7.12. The molecule has 3 rings (SSSR count). The van der Waals surface area contributed by atoms with E-state index in [0.717, 1.165) is 34.8 Å². The standard InChI is InChI=1S/C22H28N2O6/c1-5-21(25)29-15(3)9-23-11-17-7-20-18(8-19(17)27-13-23)12-24(14-28-20)10-16(4)30-22(26)6-2/h5-8,15-16H,1-2,9-14H2,3-4H3. The van der Waals surface area contributed by atoms with Gasteiger partial charge in [-0.15, -0.1) is 0 Å². The maximum Gasteiger partial charge on any atom is 0.330 e. The van der Waals surface area contributed by atoms with Crippen molar-refractivity contribution in [3.63, 3.8) is 0 Å². The molecule has 162 valence electrons. The summed E-state index contributed by atoms with van der Waals surface area (Å²) in [6, 6.07) is 4.02. The molecule has 2 aliphatic rings. The van der Waals surface area contributed by atoms with Crippen LogP contribution in [0.25, 0.3) is 0 Å². The van der Waals surface area contributed by atoms with Crippen LogP contribution in [0.1, 0.15) is 25.0 Å². The minimum Gasteiger partial charge on any atom is -0.478 e. The molecule has 0 bridgehead atoms. The Hall–Kier alpha value is -2.84. The highest BCUT2D eigenvalue weighted by Gasteiger charge is 2.26. The van der Waals surface area contributed by atoms with Gasteiger partial charge in [-0.3, -0.25) is 9.80 Å². The number of nitrogens with zero attached hydrogens (tertiary/aromatic N) is 2. The Morgan fingerprint density at radius 1 is 0.933 bits per heavy atom. The smallest absolute Gasteiger partial charge is 0.330 e. The second-order valence-corrected chi connectivity index (χ2v) is 7.54. The van der Waals surface area contributed by atoms with Crippen LogP contribution in [0, 0.1) is 0 Å². The molecule has 0 fully saturated rings. The van der Waals surface area contributed by atoms with E-state index in [0.29, 0.717) is 39.6 Å². The Balaban J connectivity index is 1.59. The molecule has 1 aromatic rings. The predicted molar refractivity (Wildman–Crippen MR) is 110 cm³/mol. The zero-order valence-electron chi connectivity index (χ0n) is 17.5. The number of benzene rings is 1. The van der Waals surface area contributed by atoms with Crippen LogP contribution in [0.2, 0.25) is 0 Å². The number of rotatable bonds is 8. The number of fused-ring (bicyclic) bond motifs is 2. The van der Waals surface area contributed by atoms with Gasteiger partial charge < -0.3 is 18.9 Å². The van der Waals surface area contributed by atoms with Gasteiger partial charge in [-0.05, 0) is 26.0 Å². The van der Waals surface area contributed by atoms with Crippen molar-refractivity contribution in [2.45, 2.75) is 39.1 Å². The minimum atomic E-state index is -0.429. The third kappa shape index (κ3) is 5.61. The number of esters is 2. The second-order valence-electron chi connectivity index (χ2n) is 7.54. The SMILES string of the molecule is C=CC(=O)OC(C)CN1COc2cc3c(cc2C1)OCN(CC(C)OC(=O)C=C)C3. The summed E-state index contributed by atoms with van der Waals surface area (Å²) < 4.78 is 22.3. The Morgan fingerprint density at radius 2 is 1.33 bits per heavy atom. The van der Waals surface area contributed by atoms with E-state index < -0.39 is 11.9 Å². The summed E-state index contributed by atoms with van der Waals surface area (Å²) in [6.45, 7) is 13.8. The molecule has 2 unspecified atom stereocenters. The highest BCUT2D eigenvalue weighted by atomic mass is 16.5. The summed E-state index contributed by atoms with van der Waals surface area (Å²) in [6.07, 6.45) is 1.80. The average molecular weight is 416 g/mol. The molecule has 1 aromatic carbocycles. The number of carbonyl (C=O) groups is 2. The van der Waals surface area contributed by atoms with Crippen molar-refractivity contribution < 1.29 is 28.5 Å². The van der Waals surface area contributed by atoms with Gasteiger partial charge >= 0.3 is 11.9 Å². The van der Waals surface area contributed by atoms with E-state index in [2.05, 4.69) is 23.0 Å². The first kappa shape index (κ1) is 21.9. The fourth-order valence-corrected chi connectivity index (χ4v) is 3.58. The molecular weight excluding hydrogens is 388 g/mol. The van der Waals surface area contributed by atoms with Crippen molar-refractivity contribution in [1.29, 1.82) is 0 Å². The fraction of sp³-hybridized carbons (Fsp3) is 0.455. The van der Waals surface area contributed by atoms with Crippen molar-refractivity contribution in [3.8, 4) is 11.5 Å². The molecule has 2 heterocycles. The summed E-state index contributed by atoms with van der Waals surface area (Å²) in [4.78, 5) is 26.8. The van der Waals surface area contributed by atoms with Crippen LogP contribution in [0.15, 0.2) is 37.4 Å². The summed E-state index contributed by atoms with van der Waals surface area (Å²) in [5.41, 5.74) is 2.06. The Labute approximate surface area is 176 Å². The molecule has 2 aliphatic heterocycles. The quantitative estimate of drug-likeness (QED) is 0.472. The normalized spacial score (nSPS) is 17.9. The van der Waals surface area contributed by atoms with E-state index >= 15 is 0 Å². The lowest BCUT2D eigenvalue weighted by Gasteiger charge is -2.34.